The molecule has 278 valence electrons. The van der Waals surface area contributed by atoms with Crippen LogP contribution in [0.25, 0.3) is 71.0 Å². The summed E-state index contributed by atoms with van der Waals surface area (Å²) in [7, 11) is 0. The molecule has 56 heavy (non-hydrogen) atoms. The zero-order chi connectivity index (χ0) is 40.1. The molecular weight excluding hydrogens is 743 g/mol. The lowest BCUT2D eigenvalue weighted by molar-refractivity contribution is -0.138. The molecule has 2 heterocycles. The maximum absolute atomic E-state index is 15.2. The van der Waals surface area contributed by atoms with Gasteiger partial charge >= 0.3 is 18.5 Å². The molecule has 0 spiro atoms. The number of hydrogen-bond donors (Lipinski definition) is 0. The normalized spacial score (nSPS) is 12.5. The van der Waals surface area contributed by atoms with Crippen LogP contribution in [0.15, 0.2) is 103 Å². The lowest BCUT2D eigenvalue weighted by atomic mass is 9.92. The van der Waals surface area contributed by atoms with Crippen molar-refractivity contribution in [2.75, 3.05) is 0 Å². The Balaban J connectivity index is 1.65. The van der Waals surface area contributed by atoms with Crippen LogP contribution in [0.1, 0.15) is 33.4 Å². The van der Waals surface area contributed by atoms with E-state index in [1.165, 1.54) is 22.8 Å². The van der Waals surface area contributed by atoms with E-state index < -0.39 is 46.5 Å². The van der Waals surface area contributed by atoms with Crippen molar-refractivity contribution in [3.63, 3.8) is 0 Å². The van der Waals surface area contributed by atoms with E-state index in [0.29, 0.717) is 23.2 Å². The van der Waals surface area contributed by atoms with Crippen LogP contribution in [0.2, 0.25) is 0 Å². The molecule has 0 atom stereocenters. The van der Waals surface area contributed by atoms with Gasteiger partial charge in [-0.05, 0) is 86.6 Å². The van der Waals surface area contributed by atoms with Gasteiger partial charge in [0.15, 0.2) is 5.69 Å². The van der Waals surface area contributed by atoms with E-state index >= 15 is 13.2 Å². The Labute approximate surface area is 311 Å². The number of aryl methyl sites for hydroxylation is 2. The molecule has 0 radical (unpaired) electrons. The molecule has 0 N–H and O–H groups in total. The zero-order valence-corrected chi connectivity index (χ0v) is 29.0. The second kappa shape index (κ2) is 12.4. The molecule has 0 unspecified atom stereocenters. The zero-order valence-electron chi connectivity index (χ0n) is 29.0. The van der Waals surface area contributed by atoms with Crippen LogP contribution in [-0.2, 0) is 18.5 Å². The second-order valence-electron chi connectivity index (χ2n) is 13.5. The number of nitriles is 1. The van der Waals surface area contributed by atoms with Crippen molar-refractivity contribution >= 4 is 49.3 Å². The Morgan fingerprint density at radius 3 is 1.36 bits per heavy atom. The summed E-state index contributed by atoms with van der Waals surface area (Å²) in [4.78, 5) is 3.47. The highest BCUT2D eigenvalue weighted by Gasteiger charge is 2.38. The topological polar surface area (TPSA) is 38.0 Å². The molecule has 0 amide bonds. The van der Waals surface area contributed by atoms with Crippen molar-refractivity contribution in [3.05, 3.63) is 148 Å². The van der Waals surface area contributed by atoms with Crippen LogP contribution in [0.5, 0.6) is 0 Å². The van der Waals surface area contributed by atoms with Crippen molar-refractivity contribution in [1.82, 2.24) is 9.13 Å². The molecule has 6 aromatic carbocycles. The molecule has 0 fully saturated rings. The number of benzene rings is 6. The van der Waals surface area contributed by atoms with Crippen molar-refractivity contribution in [3.8, 4) is 28.6 Å². The summed E-state index contributed by atoms with van der Waals surface area (Å²) in [5.74, 6) is 0. The minimum Gasteiger partial charge on any atom is -0.309 e. The molecule has 0 bridgehead atoms. The summed E-state index contributed by atoms with van der Waals surface area (Å²) in [6.07, 6.45) is -14.8. The number of rotatable bonds is 3. The Morgan fingerprint density at radius 2 is 0.964 bits per heavy atom. The average molecular weight is 767 g/mol. The molecule has 8 aromatic rings. The minimum atomic E-state index is -5.04. The van der Waals surface area contributed by atoms with E-state index in [4.69, 9.17) is 6.57 Å². The minimum absolute atomic E-state index is 0.0159. The van der Waals surface area contributed by atoms with Crippen molar-refractivity contribution < 1.29 is 39.5 Å². The Hall–Kier alpha value is -6.73. The summed E-state index contributed by atoms with van der Waals surface area (Å²) in [5.41, 5.74) is -2.42. The van der Waals surface area contributed by atoms with E-state index in [9.17, 15) is 31.6 Å². The van der Waals surface area contributed by atoms with Gasteiger partial charge in [-0.2, -0.15) is 44.8 Å². The quantitative estimate of drug-likeness (QED) is 0.130. The summed E-state index contributed by atoms with van der Waals surface area (Å²) < 4.78 is 133. The molecule has 0 aliphatic carbocycles. The molecular formula is C43H23F9N4. The fourth-order valence-electron chi connectivity index (χ4n) is 7.56. The number of alkyl halides is 9. The predicted octanol–water partition coefficient (Wildman–Crippen LogP) is 13.6. The van der Waals surface area contributed by atoms with Gasteiger partial charge in [0.05, 0.1) is 68.3 Å². The fourth-order valence-corrected chi connectivity index (χ4v) is 7.56. The number of fused-ring (bicyclic) bond motifs is 6. The van der Waals surface area contributed by atoms with Crippen LogP contribution in [0.3, 0.4) is 0 Å². The van der Waals surface area contributed by atoms with Gasteiger partial charge in [0, 0.05) is 32.7 Å². The average Bonchev–Trinajstić information content (AvgIpc) is 3.64. The van der Waals surface area contributed by atoms with Crippen molar-refractivity contribution in [1.29, 1.82) is 5.26 Å². The number of halogens is 9. The standard InChI is InChI=1S/C43H23F9N4/c1-22-7-11-33-27(15-22)28-16-23(2)8-12-34(28)55(33)37-17-24(21-53)18-38(40(37)39-31(43(50,51)52)5-4-6-32(39)54-3)56-35-13-9-25(41(44,45)46)19-29(35)30-20-26(42(47,48)49)10-14-36(30)56/h4-20H,1-2H3. The lowest BCUT2D eigenvalue weighted by Crippen LogP contribution is -2.11. The van der Waals surface area contributed by atoms with Crippen LogP contribution in [0.4, 0.5) is 45.2 Å². The van der Waals surface area contributed by atoms with Gasteiger partial charge in [-0.3, -0.25) is 0 Å². The van der Waals surface area contributed by atoms with Crippen molar-refractivity contribution in [2.45, 2.75) is 32.4 Å². The summed E-state index contributed by atoms with van der Waals surface area (Å²) in [6, 6.07) is 23.6. The van der Waals surface area contributed by atoms with Gasteiger partial charge in [0.25, 0.3) is 0 Å². The third kappa shape index (κ3) is 5.70. The number of nitrogens with zero attached hydrogens (tertiary/aromatic N) is 4. The lowest BCUT2D eigenvalue weighted by Gasteiger charge is -2.24. The van der Waals surface area contributed by atoms with E-state index in [0.717, 1.165) is 58.3 Å². The summed E-state index contributed by atoms with van der Waals surface area (Å²) in [5, 5.41) is 11.4. The van der Waals surface area contributed by atoms with E-state index in [2.05, 4.69) is 4.85 Å². The van der Waals surface area contributed by atoms with Gasteiger partial charge in [0.1, 0.15) is 0 Å². The first-order valence-electron chi connectivity index (χ1n) is 16.8. The molecule has 13 heteroatoms. The van der Waals surface area contributed by atoms with E-state index in [-0.39, 0.29) is 44.3 Å². The van der Waals surface area contributed by atoms with Gasteiger partial charge in [0.2, 0.25) is 0 Å². The van der Waals surface area contributed by atoms with E-state index in [1.54, 1.807) is 28.8 Å². The second-order valence-corrected chi connectivity index (χ2v) is 13.5. The van der Waals surface area contributed by atoms with Crippen LogP contribution in [-0.4, -0.2) is 9.13 Å². The van der Waals surface area contributed by atoms with Gasteiger partial charge < -0.3 is 9.13 Å². The molecule has 0 saturated carbocycles. The highest BCUT2D eigenvalue weighted by molar-refractivity contribution is 6.13. The predicted molar refractivity (Wildman–Crippen MR) is 196 cm³/mol. The molecule has 0 aliphatic rings. The Kier molecular flexibility index (Phi) is 8.03. The summed E-state index contributed by atoms with van der Waals surface area (Å²) >= 11 is 0. The van der Waals surface area contributed by atoms with Crippen LogP contribution < -0.4 is 0 Å². The maximum Gasteiger partial charge on any atom is 0.416 e. The first-order valence-corrected chi connectivity index (χ1v) is 16.8. The first-order chi connectivity index (χ1) is 26.4. The first kappa shape index (κ1) is 36.3. The van der Waals surface area contributed by atoms with Crippen LogP contribution in [0, 0.1) is 31.8 Å². The monoisotopic (exact) mass is 766 g/mol. The largest absolute Gasteiger partial charge is 0.416 e. The van der Waals surface area contributed by atoms with Gasteiger partial charge in [-0.25, -0.2) is 4.85 Å². The SMILES string of the molecule is [C-]#[N+]c1cccc(C(F)(F)F)c1-c1c(-n2c3ccc(C)cc3c3cc(C)ccc32)cc(C#N)cc1-n1c2ccc(C(F)(F)F)cc2c2cc(C(F)(F)F)ccc21. The highest BCUT2D eigenvalue weighted by atomic mass is 19.4. The molecule has 2 aromatic heterocycles. The molecule has 0 saturated heterocycles. The van der Waals surface area contributed by atoms with Crippen molar-refractivity contribution in [2.24, 2.45) is 0 Å². The van der Waals surface area contributed by atoms with E-state index in [1.807, 2.05) is 32.0 Å². The molecule has 8 rings (SSSR count). The fraction of sp³-hybridized carbons (Fsp3) is 0.116. The Morgan fingerprint density at radius 1 is 0.536 bits per heavy atom. The molecule has 0 aliphatic heterocycles. The maximum atomic E-state index is 15.2. The third-order valence-corrected chi connectivity index (χ3v) is 9.92. The number of aromatic nitrogens is 2. The smallest absolute Gasteiger partial charge is 0.309 e. The highest BCUT2D eigenvalue weighted by Crippen LogP contribution is 2.50. The van der Waals surface area contributed by atoms with Gasteiger partial charge in [-0.15, -0.1) is 0 Å². The third-order valence-electron chi connectivity index (χ3n) is 9.92. The molecule has 4 nitrogen and oxygen atoms in total. The van der Waals surface area contributed by atoms with Crippen LogP contribution >= 0.6 is 0 Å². The number of hydrogen-bond acceptors (Lipinski definition) is 1. The van der Waals surface area contributed by atoms with Gasteiger partial charge in [-0.1, -0.05) is 41.5 Å². The summed E-state index contributed by atoms with van der Waals surface area (Å²) in [6.45, 7) is 11.8. The Bertz CT molecular complexity index is 2910.